The predicted octanol–water partition coefficient (Wildman–Crippen LogP) is 9.16. The predicted molar refractivity (Wildman–Crippen MR) is 249 cm³/mol. The number of alkyl carbamates (subject to hydrolysis) is 2. The Labute approximate surface area is 376 Å². The van der Waals surface area contributed by atoms with Gasteiger partial charge in [-0.1, -0.05) is 96.1 Å². The number of carbonyl (C=O) groups excluding carboxylic acids is 4. The summed E-state index contributed by atoms with van der Waals surface area (Å²) in [6, 6.07) is 19.8. The van der Waals surface area contributed by atoms with E-state index in [1.807, 2.05) is 43.7 Å². The van der Waals surface area contributed by atoms with Crippen LogP contribution in [0.4, 0.5) is 9.59 Å². The van der Waals surface area contributed by atoms with Gasteiger partial charge in [0, 0.05) is 30.3 Å². The Hall–Kier alpha value is -5.98. The topological polar surface area (TPSA) is 158 Å². The van der Waals surface area contributed by atoms with Crippen LogP contribution in [0.15, 0.2) is 77.9 Å². The van der Waals surface area contributed by atoms with Crippen LogP contribution in [0.25, 0.3) is 38.9 Å². The average Bonchev–Trinajstić information content (AvgIpc) is 3.57. The number of fused-ring (bicyclic) bond motifs is 1. The monoisotopic (exact) mass is 869 g/mol. The number of aromatic amines is 1. The molecule has 4 aromatic rings. The molecule has 1 spiro atoms. The van der Waals surface area contributed by atoms with E-state index >= 15 is 0 Å². The number of amides is 4. The maximum absolute atomic E-state index is 14.0. The average molecular weight is 870 g/mol. The van der Waals surface area contributed by atoms with E-state index in [4.69, 9.17) is 19.5 Å². The minimum Gasteiger partial charge on any atom is -0.453 e. The van der Waals surface area contributed by atoms with Crippen LogP contribution in [0.5, 0.6) is 0 Å². The van der Waals surface area contributed by atoms with Crippen LogP contribution in [0, 0.1) is 29.1 Å². The van der Waals surface area contributed by atoms with Gasteiger partial charge in [0.2, 0.25) is 11.8 Å². The Morgan fingerprint density at radius 1 is 0.797 bits per heavy atom. The lowest BCUT2D eigenvalue weighted by molar-refractivity contribution is -0.136. The molecule has 3 fully saturated rings. The molecule has 2 saturated heterocycles. The number of rotatable bonds is 12. The number of ether oxygens (including phenoxy) is 2. The van der Waals surface area contributed by atoms with Crippen LogP contribution in [-0.2, 0) is 19.1 Å². The third kappa shape index (κ3) is 9.03. The van der Waals surface area contributed by atoms with Gasteiger partial charge in [-0.25, -0.2) is 14.6 Å². The third-order valence-corrected chi connectivity index (χ3v) is 14.0. The molecule has 4 amide bonds. The summed E-state index contributed by atoms with van der Waals surface area (Å²) in [6.45, 7) is 13.4. The van der Waals surface area contributed by atoms with Gasteiger partial charge in [-0.15, -0.1) is 0 Å². The SMILES string of the molecule is CCC1CC=C(c2ccc(-c3ccc4cc(-c5cnc(C6CC7(CC7)CN6C(=O)C(NC(=O)OC)C(C)C)[nH]5)ccc4c3)cc2)N=C1C1CC(C)CN1C(=O)C(NC(=O)OC)C(C)C. The van der Waals surface area contributed by atoms with Crippen LogP contribution in [0.3, 0.4) is 0 Å². The smallest absolute Gasteiger partial charge is 0.407 e. The molecular weight excluding hydrogens is 807 g/mol. The molecule has 1 aliphatic carbocycles. The summed E-state index contributed by atoms with van der Waals surface area (Å²) in [5.74, 6) is 0.906. The fourth-order valence-electron chi connectivity index (χ4n) is 10.0. The maximum atomic E-state index is 14.0. The Balaban J connectivity index is 0.979. The first-order valence-corrected chi connectivity index (χ1v) is 23.0. The molecule has 3 aromatic carbocycles. The molecule has 4 aliphatic rings. The van der Waals surface area contributed by atoms with Crippen LogP contribution in [0.2, 0.25) is 0 Å². The number of hydrogen-bond acceptors (Lipinski definition) is 8. The molecule has 0 radical (unpaired) electrons. The zero-order chi connectivity index (χ0) is 45.4. The molecule has 6 unspecified atom stereocenters. The van der Waals surface area contributed by atoms with Crippen molar-refractivity contribution in [2.75, 3.05) is 27.3 Å². The number of H-pyrrole nitrogens is 1. The zero-order valence-corrected chi connectivity index (χ0v) is 38.4. The fraction of sp³-hybridized carbons (Fsp3) is 0.490. The Kier molecular flexibility index (Phi) is 12.7. The molecule has 13 heteroatoms. The summed E-state index contributed by atoms with van der Waals surface area (Å²) in [6.07, 6.45) is 8.50. The van der Waals surface area contributed by atoms with Crippen molar-refractivity contribution in [1.29, 1.82) is 0 Å². The van der Waals surface area contributed by atoms with Crippen molar-refractivity contribution in [3.05, 3.63) is 84.3 Å². The van der Waals surface area contributed by atoms with E-state index in [2.05, 4.69) is 96.2 Å². The first-order valence-electron chi connectivity index (χ1n) is 23.0. The maximum Gasteiger partial charge on any atom is 0.407 e. The highest BCUT2D eigenvalue weighted by Gasteiger charge is 2.55. The van der Waals surface area contributed by atoms with E-state index in [0.29, 0.717) is 19.0 Å². The molecule has 3 aliphatic heterocycles. The van der Waals surface area contributed by atoms with E-state index < -0.39 is 24.3 Å². The molecule has 64 heavy (non-hydrogen) atoms. The number of imidazole rings is 1. The first-order chi connectivity index (χ1) is 30.7. The lowest BCUT2D eigenvalue weighted by Gasteiger charge is -2.34. The van der Waals surface area contributed by atoms with Gasteiger partial charge < -0.3 is 34.9 Å². The van der Waals surface area contributed by atoms with Crippen LogP contribution >= 0.6 is 0 Å². The van der Waals surface area contributed by atoms with E-state index in [9.17, 15) is 19.2 Å². The summed E-state index contributed by atoms with van der Waals surface area (Å²) in [7, 11) is 2.62. The highest BCUT2D eigenvalue weighted by Crippen LogP contribution is 2.58. The molecular formula is C51H63N7O6. The number of methoxy groups -OCH3 is 2. The summed E-state index contributed by atoms with van der Waals surface area (Å²) < 4.78 is 9.69. The van der Waals surface area contributed by atoms with Crippen LogP contribution in [-0.4, -0.2) is 94.9 Å². The Morgan fingerprint density at radius 2 is 1.38 bits per heavy atom. The zero-order valence-electron chi connectivity index (χ0n) is 38.4. The van der Waals surface area contributed by atoms with Gasteiger partial charge in [-0.05, 0) is 101 Å². The molecule has 4 heterocycles. The van der Waals surface area contributed by atoms with Crippen molar-refractivity contribution >= 4 is 46.2 Å². The second-order valence-electron chi connectivity index (χ2n) is 19.3. The van der Waals surface area contributed by atoms with E-state index in [0.717, 1.165) is 94.5 Å². The number of allylic oxidation sites excluding steroid dienone is 1. The minimum atomic E-state index is -0.687. The Morgan fingerprint density at radius 3 is 1.97 bits per heavy atom. The number of aromatic nitrogens is 2. The number of carbonyl (C=O) groups is 4. The van der Waals surface area contributed by atoms with Crippen molar-refractivity contribution in [2.45, 2.75) is 104 Å². The van der Waals surface area contributed by atoms with Gasteiger partial charge in [0.25, 0.3) is 0 Å². The van der Waals surface area contributed by atoms with Crippen molar-refractivity contribution in [2.24, 2.45) is 34.1 Å². The molecule has 0 bridgehead atoms. The van der Waals surface area contributed by atoms with E-state index in [1.165, 1.54) is 14.2 Å². The van der Waals surface area contributed by atoms with Crippen molar-refractivity contribution < 1.29 is 28.7 Å². The number of benzene rings is 3. The summed E-state index contributed by atoms with van der Waals surface area (Å²) in [5, 5.41) is 7.76. The van der Waals surface area contributed by atoms with Gasteiger partial charge in [0.05, 0.1) is 43.9 Å². The fourth-order valence-corrected chi connectivity index (χ4v) is 10.0. The summed E-state index contributed by atoms with van der Waals surface area (Å²) in [5.41, 5.74) is 7.24. The van der Waals surface area contributed by atoms with Gasteiger partial charge in [-0.3, -0.25) is 14.6 Å². The van der Waals surface area contributed by atoms with Gasteiger partial charge in [-0.2, -0.15) is 0 Å². The quantitative estimate of drug-likeness (QED) is 0.128. The second kappa shape index (κ2) is 18.3. The lowest BCUT2D eigenvalue weighted by atomic mass is 9.86. The molecule has 338 valence electrons. The molecule has 1 aromatic heterocycles. The molecule has 6 atom stereocenters. The van der Waals surface area contributed by atoms with Crippen molar-refractivity contribution in [1.82, 2.24) is 30.4 Å². The first kappa shape index (κ1) is 44.6. The summed E-state index contributed by atoms with van der Waals surface area (Å²) in [4.78, 5) is 69.9. The molecule has 3 N–H and O–H groups in total. The summed E-state index contributed by atoms with van der Waals surface area (Å²) >= 11 is 0. The third-order valence-electron chi connectivity index (χ3n) is 14.0. The van der Waals surface area contributed by atoms with Crippen LogP contribution in [0.1, 0.15) is 97.5 Å². The minimum absolute atomic E-state index is 0.0881. The van der Waals surface area contributed by atoms with Gasteiger partial charge in [0.15, 0.2) is 0 Å². The number of nitrogens with zero attached hydrogens (tertiary/aromatic N) is 4. The molecule has 8 rings (SSSR count). The van der Waals surface area contributed by atoms with E-state index in [1.54, 1.807) is 0 Å². The van der Waals surface area contributed by atoms with Crippen LogP contribution < -0.4 is 10.6 Å². The molecule has 1 saturated carbocycles. The standard InChI is InChI=1S/C51H63N7O6/c1-9-32-18-19-39(53-45(32)41-22-31(6)27-57(41)47(59)43(29(2)3)55-49(61)63-7)34-12-10-33(11-13-34)35-14-15-37-24-38(17-16-36(37)23-35)40-26-52-46(54-40)42-25-51(20-21-51)28-58(42)48(60)44(30(4)5)56-50(62)64-8/h10-17,19,23-24,26,29-32,41-44H,9,18,20-22,25,27-28H2,1-8H3,(H,52,54)(H,55,61)(H,56,62). The number of nitrogens with one attached hydrogen (secondary N) is 3. The Bertz CT molecular complexity index is 2470. The number of hydrogen-bond donors (Lipinski definition) is 3. The van der Waals surface area contributed by atoms with Crippen molar-refractivity contribution in [3.63, 3.8) is 0 Å². The second-order valence-corrected chi connectivity index (χ2v) is 19.3. The lowest BCUT2D eigenvalue weighted by Crippen LogP contribution is -2.54. The van der Waals surface area contributed by atoms with E-state index in [-0.39, 0.29) is 47.1 Å². The number of likely N-dealkylation sites (tertiary alicyclic amines) is 2. The van der Waals surface area contributed by atoms with Crippen molar-refractivity contribution in [3.8, 4) is 22.4 Å². The largest absolute Gasteiger partial charge is 0.453 e. The van der Waals surface area contributed by atoms with Gasteiger partial charge in [0.1, 0.15) is 17.9 Å². The number of aliphatic imine (C=N–C) groups is 1. The highest BCUT2D eigenvalue weighted by molar-refractivity contribution is 6.01. The van der Waals surface area contributed by atoms with Gasteiger partial charge >= 0.3 is 12.2 Å². The molecule has 13 nitrogen and oxygen atoms in total. The highest BCUT2D eigenvalue weighted by atomic mass is 16.5. The normalized spacial score (nSPS) is 22.3.